The van der Waals surface area contributed by atoms with Gasteiger partial charge < -0.3 is 20.3 Å². The van der Waals surface area contributed by atoms with Crippen LogP contribution in [0.15, 0.2) is 91.0 Å². The van der Waals surface area contributed by atoms with E-state index in [4.69, 9.17) is 26.6 Å². The lowest BCUT2D eigenvalue weighted by atomic mass is 10.1. The van der Waals surface area contributed by atoms with Crippen molar-refractivity contribution in [3.8, 4) is 5.75 Å². The van der Waals surface area contributed by atoms with Crippen LogP contribution in [0.25, 0.3) is 0 Å². The minimum atomic E-state index is -1.26. The van der Waals surface area contributed by atoms with Crippen LogP contribution in [0, 0.1) is 0 Å². The van der Waals surface area contributed by atoms with Gasteiger partial charge in [-0.3, -0.25) is 10.1 Å². The number of halogens is 1. The highest BCUT2D eigenvalue weighted by molar-refractivity contribution is 6.30. The maximum Gasteiger partial charge on any atom is 0.328 e. The van der Waals surface area contributed by atoms with E-state index in [2.05, 4.69) is 10.6 Å². The van der Waals surface area contributed by atoms with Crippen LogP contribution in [-0.4, -0.2) is 35.2 Å². The van der Waals surface area contributed by atoms with Crippen molar-refractivity contribution in [2.75, 3.05) is 7.11 Å². The Morgan fingerprint density at radius 1 is 0.833 bits per heavy atom. The number of carbonyl (C=O) groups excluding carboxylic acids is 1. The number of hydrogen-bond donors (Lipinski definition) is 4. The molecule has 0 bridgehead atoms. The first-order valence-corrected chi connectivity index (χ1v) is 11.2. The summed E-state index contributed by atoms with van der Waals surface area (Å²) >= 11 is 5.92. The largest absolute Gasteiger partial charge is 0.497 e. The molecule has 3 aromatic carbocycles. The molecule has 36 heavy (non-hydrogen) atoms. The lowest BCUT2D eigenvalue weighted by Gasteiger charge is -2.19. The van der Waals surface area contributed by atoms with E-state index in [1.165, 1.54) is 0 Å². The molecule has 0 aliphatic heterocycles. The summed E-state index contributed by atoms with van der Waals surface area (Å²) < 4.78 is 5.19. The molecule has 0 aromatic heterocycles. The average Bonchev–Trinajstić information content (AvgIpc) is 2.88. The molecule has 1 amide bonds. The molecular formula is C27H27ClN2O6. The predicted octanol–water partition coefficient (Wildman–Crippen LogP) is 4.21. The average molecular weight is 511 g/mol. The summed E-state index contributed by atoms with van der Waals surface area (Å²) in [7, 11) is 1.64. The molecule has 9 heteroatoms. The fourth-order valence-electron chi connectivity index (χ4n) is 3.01. The zero-order chi connectivity index (χ0) is 26.3. The SMILES string of the molecule is COc1ccc(CNC(C(=O)NCc2ccc(Cl)cc2)c2ccccc2)cc1.O=C(O)C=CC(=O)O. The Hall–Kier alpha value is -4.14. The van der Waals surface area contributed by atoms with E-state index >= 15 is 0 Å². The van der Waals surface area contributed by atoms with Crippen LogP contribution in [0.4, 0.5) is 0 Å². The summed E-state index contributed by atoms with van der Waals surface area (Å²) in [6, 6.07) is 24.5. The van der Waals surface area contributed by atoms with Gasteiger partial charge in [0, 0.05) is 30.3 Å². The molecule has 0 spiro atoms. The Bertz CT molecular complexity index is 1130. The van der Waals surface area contributed by atoms with Crippen molar-refractivity contribution in [2.24, 2.45) is 0 Å². The fourth-order valence-corrected chi connectivity index (χ4v) is 3.13. The normalized spacial score (nSPS) is 11.2. The molecule has 3 rings (SSSR count). The second kappa shape index (κ2) is 15.0. The first-order valence-electron chi connectivity index (χ1n) is 10.9. The standard InChI is InChI=1S/C23H23ClN2O2.C4H4O4/c1-28-21-13-9-18(10-14-21)15-25-22(19-5-3-2-4-6-19)23(27)26-16-17-7-11-20(24)12-8-17;5-3(6)1-2-4(7)8/h2-14,22,25H,15-16H2,1H3,(H,26,27);1-2H,(H,5,6)(H,7,8). The van der Waals surface area contributed by atoms with E-state index < -0.39 is 18.0 Å². The maximum absolute atomic E-state index is 12.9. The van der Waals surface area contributed by atoms with Gasteiger partial charge in [0.15, 0.2) is 0 Å². The number of hydrogen-bond acceptors (Lipinski definition) is 5. The van der Waals surface area contributed by atoms with E-state index in [1.807, 2.05) is 78.9 Å². The lowest BCUT2D eigenvalue weighted by Crippen LogP contribution is -2.37. The Morgan fingerprint density at radius 3 is 1.89 bits per heavy atom. The van der Waals surface area contributed by atoms with Crippen LogP contribution >= 0.6 is 11.6 Å². The van der Waals surface area contributed by atoms with Crippen molar-refractivity contribution >= 4 is 29.4 Å². The third kappa shape index (κ3) is 10.4. The van der Waals surface area contributed by atoms with E-state index in [0.29, 0.717) is 30.3 Å². The molecule has 1 atom stereocenters. The molecule has 0 aliphatic carbocycles. The molecule has 0 heterocycles. The number of nitrogens with one attached hydrogen (secondary N) is 2. The van der Waals surface area contributed by atoms with E-state index in [0.717, 1.165) is 22.4 Å². The Kier molecular flexibility index (Phi) is 11.7. The third-order valence-corrected chi connectivity index (χ3v) is 5.06. The Morgan fingerprint density at radius 2 is 1.36 bits per heavy atom. The molecule has 1 unspecified atom stereocenters. The van der Waals surface area contributed by atoms with Crippen LogP contribution in [0.3, 0.4) is 0 Å². The van der Waals surface area contributed by atoms with Crippen LogP contribution in [0.2, 0.25) is 5.02 Å². The molecule has 3 aromatic rings. The minimum absolute atomic E-state index is 0.0744. The van der Waals surface area contributed by atoms with Crippen molar-refractivity contribution in [1.82, 2.24) is 10.6 Å². The number of aliphatic carboxylic acids is 2. The van der Waals surface area contributed by atoms with Crippen molar-refractivity contribution in [3.05, 3.63) is 113 Å². The number of rotatable bonds is 10. The van der Waals surface area contributed by atoms with E-state index in [-0.39, 0.29) is 5.91 Å². The minimum Gasteiger partial charge on any atom is -0.497 e. The van der Waals surface area contributed by atoms with Crippen LogP contribution in [0.1, 0.15) is 22.7 Å². The molecule has 0 radical (unpaired) electrons. The number of amides is 1. The zero-order valence-corrected chi connectivity index (χ0v) is 20.3. The lowest BCUT2D eigenvalue weighted by molar-refractivity contribution is -0.134. The molecule has 0 saturated heterocycles. The van der Waals surface area contributed by atoms with Crippen LogP contribution < -0.4 is 15.4 Å². The second-order valence-corrected chi connectivity index (χ2v) is 7.86. The molecule has 0 fully saturated rings. The highest BCUT2D eigenvalue weighted by Gasteiger charge is 2.19. The van der Waals surface area contributed by atoms with E-state index in [1.54, 1.807) is 7.11 Å². The first-order chi connectivity index (χ1) is 17.3. The van der Waals surface area contributed by atoms with Gasteiger partial charge in [-0.05, 0) is 41.0 Å². The molecule has 0 aliphatic rings. The van der Waals surface area contributed by atoms with Gasteiger partial charge in [0.25, 0.3) is 0 Å². The van der Waals surface area contributed by atoms with Crippen molar-refractivity contribution < 1.29 is 29.3 Å². The molecule has 4 N–H and O–H groups in total. The van der Waals surface area contributed by atoms with E-state index in [9.17, 15) is 14.4 Å². The third-order valence-electron chi connectivity index (χ3n) is 4.81. The number of carbonyl (C=O) groups is 3. The molecule has 0 saturated carbocycles. The molecular weight excluding hydrogens is 484 g/mol. The maximum atomic E-state index is 12.9. The smallest absolute Gasteiger partial charge is 0.328 e. The van der Waals surface area contributed by atoms with Crippen molar-refractivity contribution in [2.45, 2.75) is 19.1 Å². The Labute approximate surface area is 214 Å². The summed E-state index contributed by atoms with van der Waals surface area (Å²) in [6.45, 7) is 1.02. The van der Waals surface area contributed by atoms with Gasteiger partial charge in [-0.1, -0.05) is 66.2 Å². The van der Waals surface area contributed by atoms with Gasteiger partial charge in [-0.2, -0.15) is 0 Å². The fraction of sp³-hybridized carbons (Fsp3) is 0.148. The highest BCUT2D eigenvalue weighted by Crippen LogP contribution is 2.16. The summed E-state index contributed by atoms with van der Waals surface area (Å²) in [5.41, 5.74) is 3.00. The predicted molar refractivity (Wildman–Crippen MR) is 137 cm³/mol. The van der Waals surface area contributed by atoms with Gasteiger partial charge >= 0.3 is 11.9 Å². The molecule has 8 nitrogen and oxygen atoms in total. The van der Waals surface area contributed by atoms with Crippen LogP contribution in [0.5, 0.6) is 5.75 Å². The number of methoxy groups -OCH3 is 1. The summed E-state index contributed by atoms with van der Waals surface area (Å²) in [5, 5.41) is 22.7. The number of ether oxygens (including phenoxy) is 1. The zero-order valence-electron chi connectivity index (χ0n) is 19.6. The Balaban J connectivity index is 0.000000493. The summed E-state index contributed by atoms with van der Waals surface area (Å²) in [5.74, 6) is -1.78. The monoisotopic (exact) mass is 510 g/mol. The van der Waals surface area contributed by atoms with Gasteiger partial charge in [0.2, 0.25) is 5.91 Å². The number of carboxylic acids is 2. The van der Waals surface area contributed by atoms with Gasteiger partial charge in [0.1, 0.15) is 11.8 Å². The van der Waals surface area contributed by atoms with Gasteiger partial charge in [-0.25, -0.2) is 9.59 Å². The summed E-state index contributed by atoms with van der Waals surface area (Å²) in [4.78, 5) is 32.0. The molecule has 188 valence electrons. The van der Waals surface area contributed by atoms with Gasteiger partial charge in [-0.15, -0.1) is 0 Å². The highest BCUT2D eigenvalue weighted by atomic mass is 35.5. The topological polar surface area (TPSA) is 125 Å². The second-order valence-electron chi connectivity index (χ2n) is 7.43. The van der Waals surface area contributed by atoms with Crippen molar-refractivity contribution in [3.63, 3.8) is 0 Å². The number of carboxylic acid groups (broad SMARTS) is 2. The first kappa shape index (κ1) is 28.1. The van der Waals surface area contributed by atoms with Crippen LogP contribution in [-0.2, 0) is 27.5 Å². The van der Waals surface area contributed by atoms with Crippen molar-refractivity contribution in [1.29, 1.82) is 0 Å². The van der Waals surface area contributed by atoms with Gasteiger partial charge in [0.05, 0.1) is 7.11 Å². The number of benzene rings is 3. The quantitative estimate of drug-likeness (QED) is 0.301. The summed E-state index contributed by atoms with van der Waals surface area (Å²) in [6.07, 6.45) is 1.12.